The lowest BCUT2D eigenvalue weighted by atomic mass is 10.2. The Morgan fingerprint density at radius 1 is 1.00 bits per heavy atom. The average molecular weight is 322 g/mol. The van der Waals surface area contributed by atoms with Crippen LogP contribution in [-0.4, -0.2) is 22.6 Å². The Balaban J connectivity index is 1.42. The summed E-state index contributed by atoms with van der Waals surface area (Å²) in [4.78, 5) is 16.1. The van der Waals surface area contributed by atoms with Crippen LogP contribution in [0.5, 0.6) is 0 Å². The second kappa shape index (κ2) is 7.92. The summed E-state index contributed by atoms with van der Waals surface area (Å²) in [6.45, 7) is 0.967. The largest absolute Gasteiger partial charge is 0.352 e. The Morgan fingerprint density at radius 2 is 1.71 bits per heavy atom. The molecule has 6 heteroatoms. The second-order valence-electron chi connectivity index (χ2n) is 5.23. The predicted molar refractivity (Wildman–Crippen MR) is 91.1 cm³/mol. The Bertz CT molecular complexity index is 772. The van der Waals surface area contributed by atoms with Gasteiger partial charge < -0.3 is 15.2 Å². The molecule has 3 aromatic rings. The molecule has 3 rings (SSSR count). The van der Waals surface area contributed by atoms with Crippen molar-refractivity contribution < 1.29 is 9.32 Å². The summed E-state index contributed by atoms with van der Waals surface area (Å²) in [5, 5.41) is 9.71. The molecular formula is C18H18N4O2. The Morgan fingerprint density at radius 3 is 2.46 bits per heavy atom. The normalized spacial score (nSPS) is 10.3. The molecule has 6 nitrogen and oxygen atoms in total. The van der Waals surface area contributed by atoms with Crippen molar-refractivity contribution in [3.63, 3.8) is 0 Å². The number of carbonyl (C=O) groups excluding carboxylic acids is 1. The van der Waals surface area contributed by atoms with Crippen molar-refractivity contribution in [1.29, 1.82) is 0 Å². The summed E-state index contributed by atoms with van der Waals surface area (Å²) in [6.07, 6.45) is 0.335. The lowest BCUT2D eigenvalue weighted by Crippen LogP contribution is -2.24. The first kappa shape index (κ1) is 15.7. The van der Waals surface area contributed by atoms with Crippen molar-refractivity contribution in [3.05, 3.63) is 66.2 Å². The molecule has 0 saturated heterocycles. The molecule has 0 radical (unpaired) electrons. The molecule has 24 heavy (non-hydrogen) atoms. The van der Waals surface area contributed by atoms with Crippen molar-refractivity contribution in [2.45, 2.75) is 13.0 Å². The second-order valence-corrected chi connectivity index (χ2v) is 5.23. The number of aromatic nitrogens is 2. The van der Waals surface area contributed by atoms with E-state index in [4.69, 9.17) is 4.52 Å². The topological polar surface area (TPSA) is 80.1 Å². The van der Waals surface area contributed by atoms with E-state index >= 15 is 0 Å². The summed E-state index contributed by atoms with van der Waals surface area (Å²) in [5.41, 5.74) is 1.93. The SMILES string of the molecule is O=C(CCNc1noc(-c2ccccc2)n1)NCc1ccccc1. The molecule has 1 amide bonds. The van der Waals surface area contributed by atoms with E-state index in [0.717, 1.165) is 11.1 Å². The molecule has 2 N–H and O–H groups in total. The van der Waals surface area contributed by atoms with Crippen molar-refractivity contribution >= 4 is 11.9 Å². The zero-order valence-electron chi connectivity index (χ0n) is 13.1. The van der Waals surface area contributed by atoms with Gasteiger partial charge in [-0.25, -0.2) is 0 Å². The summed E-state index contributed by atoms with van der Waals surface area (Å²) in [7, 11) is 0. The summed E-state index contributed by atoms with van der Waals surface area (Å²) in [5.74, 6) is 0.800. The fourth-order valence-electron chi connectivity index (χ4n) is 2.17. The highest BCUT2D eigenvalue weighted by Gasteiger charge is 2.08. The first-order chi connectivity index (χ1) is 11.8. The smallest absolute Gasteiger partial charge is 0.263 e. The Hall–Kier alpha value is -3.15. The molecule has 122 valence electrons. The van der Waals surface area contributed by atoms with E-state index < -0.39 is 0 Å². The van der Waals surface area contributed by atoms with Crippen LogP contribution in [0, 0.1) is 0 Å². The first-order valence-corrected chi connectivity index (χ1v) is 7.75. The van der Waals surface area contributed by atoms with Gasteiger partial charge in [-0.3, -0.25) is 4.79 Å². The van der Waals surface area contributed by atoms with Crippen LogP contribution in [0.25, 0.3) is 11.5 Å². The van der Waals surface area contributed by atoms with Crippen molar-refractivity contribution in [2.75, 3.05) is 11.9 Å². The van der Waals surface area contributed by atoms with Gasteiger partial charge in [0.25, 0.3) is 11.8 Å². The van der Waals surface area contributed by atoms with Gasteiger partial charge in [0.1, 0.15) is 0 Å². The highest BCUT2D eigenvalue weighted by molar-refractivity contribution is 5.76. The maximum Gasteiger partial charge on any atom is 0.263 e. The lowest BCUT2D eigenvalue weighted by Gasteiger charge is -2.05. The minimum atomic E-state index is -0.0295. The number of anilines is 1. The minimum Gasteiger partial charge on any atom is -0.352 e. The highest BCUT2D eigenvalue weighted by Crippen LogP contribution is 2.17. The van der Waals surface area contributed by atoms with E-state index in [1.54, 1.807) is 0 Å². The third-order valence-electron chi connectivity index (χ3n) is 3.41. The van der Waals surface area contributed by atoms with E-state index in [-0.39, 0.29) is 5.91 Å². The van der Waals surface area contributed by atoms with Gasteiger partial charge in [-0.2, -0.15) is 4.98 Å². The quantitative estimate of drug-likeness (QED) is 0.699. The van der Waals surface area contributed by atoms with Gasteiger partial charge in [-0.1, -0.05) is 48.5 Å². The number of nitrogens with one attached hydrogen (secondary N) is 2. The predicted octanol–water partition coefficient (Wildman–Crippen LogP) is 2.86. The number of rotatable bonds is 7. The molecular weight excluding hydrogens is 304 g/mol. The van der Waals surface area contributed by atoms with E-state index in [2.05, 4.69) is 20.8 Å². The van der Waals surface area contributed by atoms with Crippen LogP contribution in [0.2, 0.25) is 0 Å². The van der Waals surface area contributed by atoms with E-state index in [1.165, 1.54) is 0 Å². The molecule has 1 aromatic heterocycles. The number of nitrogens with zero attached hydrogens (tertiary/aromatic N) is 2. The molecule has 0 fully saturated rings. The number of benzene rings is 2. The molecule has 0 unspecified atom stereocenters. The van der Waals surface area contributed by atoms with Crippen molar-refractivity contribution in [3.8, 4) is 11.5 Å². The van der Waals surface area contributed by atoms with E-state index in [1.807, 2.05) is 60.7 Å². The molecule has 0 aliphatic heterocycles. The van der Waals surface area contributed by atoms with E-state index in [9.17, 15) is 4.79 Å². The fourth-order valence-corrected chi connectivity index (χ4v) is 2.17. The molecule has 0 spiro atoms. The minimum absolute atomic E-state index is 0.0295. The van der Waals surface area contributed by atoms with Gasteiger partial charge in [0.2, 0.25) is 5.91 Å². The maximum absolute atomic E-state index is 11.8. The monoisotopic (exact) mass is 322 g/mol. The van der Waals surface area contributed by atoms with Crippen LogP contribution in [-0.2, 0) is 11.3 Å². The first-order valence-electron chi connectivity index (χ1n) is 7.75. The highest BCUT2D eigenvalue weighted by atomic mass is 16.5. The van der Waals surface area contributed by atoms with Gasteiger partial charge in [0, 0.05) is 25.1 Å². The van der Waals surface area contributed by atoms with Crippen LogP contribution < -0.4 is 10.6 Å². The molecule has 0 bridgehead atoms. The van der Waals surface area contributed by atoms with Gasteiger partial charge in [0.05, 0.1) is 0 Å². The molecule has 0 aliphatic carbocycles. The number of carbonyl (C=O) groups is 1. The van der Waals surface area contributed by atoms with Crippen molar-refractivity contribution in [2.24, 2.45) is 0 Å². The maximum atomic E-state index is 11.8. The van der Waals surface area contributed by atoms with E-state index in [0.29, 0.717) is 31.3 Å². The number of amides is 1. The molecule has 0 saturated carbocycles. The molecule has 0 atom stereocenters. The van der Waals surface area contributed by atoms with Gasteiger partial charge in [0.15, 0.2) is 0 Å². The van der Waals surface area contributed by atoms with Crippen LogP contribution in [0.3, 0.4) is 0 Å². The summed E-state index contributed by atoms with van der Waals surface area (Å²) in [6, 6.07) is 19.3. The van der Waals surface area contributed by atoms with Gasteiger partial charge >= 0.3 is 0 Å². The Kier molecular flexibility index (Phi) is 5.19. The molecule has 0 aliphatic rings. The van der Waals surface area contributed by atoms with Crippen LogP contribution in [0.1, 0.15) is 12.0 Å². The van der Waals surface area contributed by atoms with Gasteiger partial charge in [-0.05, 0) is 22.9 Å². The van der Waals surface area contributed by atoms with Gasteiger partial charge in [-0.15, -0.1) is 0 Å². The lowest BCUT2D eigenvalue weighted by molar-refractivity contribution is -0.121. The molecule has 2 aromatic carbocycles. The van der Waals surface area contributed by atoms with Crippen LogP contribution in [0.15, 0.2) is 65.2 Å². The molecule has 1 heterocycles. The van der Waals surface area contributed by atoms with Crippen LogP contribution in [0.4, 0.5) is 5.95 Å². The average Bonchev–Trinajstić information content (AvgIpc) is 3.11. The fraction of sp³-hybridized carbons (Fsp3) is 0.167. The Labute approximate surface area is 139 Å². The zero-order chi connectivity index (χ0) is 16.6. The number of hydrogen-bond acceptors (Lipinski definition) is 5. The van der Waals surface area contributed by atoms with Crippen LogP contribution >= 0.6 is 0 Å². The third-order valence-corrected chi connectivity index (χ3v) is 3.41. The van der Waals surface area contributed by atoms with Crippen molar-refractivity contribution in [1.82, 2.24) is 15.5 Å². The standard InChI is InChI=1S/C18H18N4O2/c23-16(20-13-14-7-3-1-4-8-14)11-12-19-18-21-17(24-22-18)15-9-5-2-6-10-15/h1-10H,11-13H2,(H,19,22)(H,20,23). The third kappa shape index (κ3) is 4.42. The number of hydrogen-bond donors (Lipinski definition) is 2. The summed E-state index contributed by atoms with van der Waals surface area (Å²) >= 11 is 0. The summed E-state index contributed by atoms with van der Waals surface area (Å²) < 4.78 is 5.19. The zero-order valence-corrected chi connectivity index (χ0v) is 13.1.